The molecule has 1 N–H and O–H groups in total. The molecule has 18 heavy (non-hydrogen) atoms. The fourth-order valence-electron chi connectivity index (χ4n) is 1.90. The molecule has 6 heteroatoms. The summed E-state index contributed by atoms with van der Waals surface area (Å²) in [5, 5.41) is 8.68. The van der Waals surface area contributed by atoms with Gasteiger partial charge in [0.15, 0.2) is 0 Å². The minimum absolute atomic E-state index is 0.0731. The number of aliphatic carboxylic acids is 1. The fourth-order valence-corrected chi connectivity index (χ4v) is 1.90. The third-order valence-corrected chi connectivity index (χ3v) is 2.68. The lowest BCUT2D eigenvalue weighted by molar-refractivity contribution is -0.138. The number of rotatable bonds is 5. The third-order valence-electron chi connectivity index (χ3n) is 2.68. The number of aromatic nitrogens is 2. The molecule has 1 aliphatic rings. The van der Waals surface area contributed by atoms with Gasteiger partial charge in [-0.25, -0.2) is 4.98 Å². The lowest BCUT2D eigenvalue weighted by Gasteiger charge is -2.38. The van der Waals surface area contributed by atoms with Crippen molar-refractivity contribution in [2.45, 2.75) is 26.4 Å². The minimum Gasteiger partial charge on any atom is -0.481 e. The normalized spacial score (nSPS) is 15.6. The van der Waals surface area contributed by atoms with E-state index in [1.165, 1.54) is 0 Å². The third kappa shape index (κ3) is 3.09. The molecule has 1 fully saturated rings. The van der Waals surface area contributed by atoms with Crippen LogP contribution in [0.4, 0.5) is 5.95 Å². The van der Waals surface area contributed by atoms with Crippen LogP contribution in [0.15, 0.2) is 12.3 Å². The van der Waals surface area contributed by atoms with Gasteiger partial charge in [-0.15, -0.1) is 0 Å². The molecule has 0 saturated carbocycles. The summed E-state index contributed by atoms with van der Waals surface area (Å²) in [4.78, 5) is 21.0. The Balaban J connectivity index is 1.93. The van der Waals surface area contributed by atoms with E-state index in [0.29, 0.717) is 24.9 Å². The molecule has 0 amide bonds. The zero-order valence-electron chi connectivity index (χ0n) is 10.5. The highest BCUT2D eigenvalue weighted by molar-refractivity contribution is 5.67. The standard InChI is InChI=1S/C12H17N3O3/c1-8(2)18-10-3-4-13-12(14-10)15-6-9(7-15)5-11(16)17/h3-4,8-9H,5-7H2,1-2H3,(H,16,17). The van der Waals surface area contributed by atoms with Crippen molar-refractivity contribution >= 4 is 11.9 Å². The van der Waals surface area contributed by atoms with Crippen molar-refractivity contribution in [2.75, 3.05) is 18.0 Å². The lowest BCUT2D eigenvalue weighted by Crippen LogP contribution is -2.48. The summed E-state index contributed by atoms with van der Waals surface area (Å²) in [6.07, 6.45) is 1.94. The molecule has 6 nitrogen and oxygen atoms in total. The predicted molar refractivity (Wildman–Crippen MR) is 65.8 cm³/mol. The molecule has 1 saturated heterocycles. The summed E-state index contributed by atoms with van der Waals surface area (Å²) >= 11 is 0. The van der Waals surface area contributed by atoms with Crippen LogP contribution in [0.25, 0.3) is 0 Å². The molecule has 1 aromatic rings. The summed E-state index contributed by atoms with van der Waals surface area (Å²) in [6, 6.07) is 1.72. The number of hydrogen-bond acceptors (Lipinski definition) is 5. The van der Waals surface area contributed by atoms with E-state index < -0.39 is 5.97 Å². The van der Waals surface area contributed by atoms with Gasteiger partial charge >= 0.3 is 5.97 Å². The average molecular weight is 251 g/mol. The maximum Gasteiger partial charge on any atom is 0.303 e. The largest absolute Gasteiger partial charge is 0.481 e. The number of carboxylic acids is 1. The summed E-state index contributed by atoms with van der Waals surface area (Å²) in [5.41, 5.74) is 0. The number of anilines is 1. The van der Waals surface area contributed by atoms with Crippen LogP contribution in [0.3, 0.4) is 0 Å². The average Bonchev–Trinajstić information content (AvgIpc) is 2.22. The first-order valence-corrected chi connectivity index (χ1v) is 6.01. The fraction of sp³-hybridized carbons (Fsp3) is 0.583. The van der Waals surface area contributed by atoms with E-state index in [4.69, 9.17) is 9.84 Å². The number of nitrogens with zero attached hydrogens (tertiary/aromatic N) is 3. The van der Waals surface area contributed by atoms with Crippen molar-refractivity contribution in [3.8, 4) is 5.88 Å². The van der Waals surface area contributed by atoms with Gasteiger partial charge in [0, 0.05) is 31.3 Å². The molecule has 0 atom stereocenters. The van der Waals surface area contributed by atoms with Gasteiger partial charge in [0.05, 0.1) is 12.5 Å². The second-order valence-corrected chi connectivity index (χ2v) is 4.73. The van der Waals surface area contributed by atoms with E-state index in [9.17, 15) is 4.79 Å². The number of carbonyl (C=O) groups is 1. The highest BCUT2D eigenvalue weighted by Crippen LogP contribution is 2.24. The molecular weight excluding hydrogens is 234 g/mol. The summed E-state index contributed by atoms with van der Waals surface area (Å²) in [6.45, 7) is 5.26. The molecule has 0 radical (unpaired) electrons. The van der Waals surface area contributed by atoms with Gasteiger partial charge in [-0.3, -0.25) is 4.79 Å². The SMILES string of the molecule is CC(C)Oc1ccnc(N2CC(CC(=O)O)C2)n1. The molecule has 0 aromatic carbocycles. The summed E-state index contributed by atoms with van der Waals surface area (Å²) in [5.74, 6) is 0.602. The van der Waals surface area contributed by atoms with Crippen LogP contribution < -0.4 is 9.64 Å². The minimum atomic E-state index is -0.752. The summed E-state index contributed by atoms with van der Waals surface area (Å²) in [7, 11) is 0. The maximum absolute atomic E-state index is 10.6. The second-order valence-electron chi connectivity index (χ2n) is 4.73. The quantitative estimate of drug-likeness (QED) is 0.846. The topological polar surface area (TPSA) is 75.5 Å². The van der Waals surface area contributed by atoms with Gasteiger partial charge in [0.2, 0.25) is 11.8 Å². The van der Waals surface area contributed by atoms with E-state index in [2.05, 4.69) is 9.97 Å². The molecule has 0 spiro atoms. The smallest absolute Gasteiger partial charge is 0.303 e. The van der Waals surface area contributed by atoms with Crippen LogP contribution in [-0.4, -0.2) is 40.2 Å². The molecule has 0 bridgehead atoms. The van der Waals surface area contributed by atoms with Crippen LogP contribution in [0.5, 0.6) is 5.88 Å². The van der Waals surface area contributed by atoms with Crippen LogP contribution >= 0.6 is 0 Å². The van der Waals surface area contributed by atoms with Crippen molar-refractivity contribution in [3.63, 3.8) is 0 Å². The Morgan fingerprint density at radius 1 is 1.61 bits per heavy atom. The first kappa shape index (κ1) is 12.6. The van der Waals surface area contributed by atoms with Crippen LogP contribution in [-0.2, 0) is 4.79 Å². The molecule has 98 valence electrons. The van der Waals surface area contributed by atoms with E-state index in [1.807, 2.05) is 18.7 Å². The number of carboxylic acid groups (broad SMARTS) is 1. The Kier molecular flexibility index (Phi) is 3.64. The van der Waals surface area contributed by atoms with Gasteiger partial charge in [0.25, 0.3) is 0 Å². The lowest BCUT2D eigenvalue weighted by atomic mass is 9.97. The van der Waals surface area contributed by atoms with Gasteiger partial charge in [-0.2, -0.15) is 4.98 Å². The van der Waals surface area contributed by atoms with Crippen LogP contribution in [0.1, 0.15) is 20.3 Å². The first-order valence-electron chi connectivity index (χ1n) is 6.01. The van der Waals surface area contributed by atoms with Gasteiger partial charge in [-0.05, 0) is 13.8 Å². The first-order chi connectivity index (χ1) is 8.54. The molecule has 2 rings (SSSR count). The van der Waals surface area contributed by atoms with Gasteiger partial charge < -0.3 is 14.7 Å². The maximum atomic E-state index is 10.6. The molecule has 2 heterocycles. The Morgan fingerprint density at radius 2 is 2.33 bits per heavy atom. The van der Waals surface area contributed by atoms with E-state index >= 15 is 0 Å². The molecular formula is C12H17N3O3. The highest BCUT2D eigenvalue weighted by atomic mass is 16.5. The summed E-state index contributed by atoms with van der Waals surface area (Å²) < 4.78 is 5.49. The van der Waals surface area contributed by atoms with E-state index in [1.54, 1.807) is 12.3 Å². The van der Waals surface area contributed by atoms with Crippen LogP contribution in [0, 0.1) is 5.92 Å². The molecule has 0 aliphatic carbocycles. The zero-order valence-corrected chi connectivity index (χ0v) is 10.5. The van der Waals surface area contributed by atoms with Gasteiger partial charge in [-0.1, -0.05) is 0 Å². The number of ether oxygens (including phenoxy) is 1. The van der Waals surface area contributed by atoms with E-state index in [0.717, 1.165) is 0 Å². The monoisotopic (exact) mass is 251 g/mol. The molecule has 1 aliphatic heterocycles. The number of hydrogen-bond donors (Lipinski definition) is 1. The zero-order chi connectivity index (χ0) is 13.1. The van der Waals surface area contributed by atoms with Crippen molar-refractivity contribution in [1.82, 2.24) is 9.97 Å². The van der Waals surface area contributed by atoms with Crippen molar-refractivity contribution in [2.24, 2.45) is 5.92 Å². The molecule has 1 aromatic heterocycles. The Labute approximate surface area is 106 Å². The van der Waals surface area contributed by atoms with Crippen molar-refractivity contribution < 1.29 is 14.6 Å². The van der Waals surface area contributed by atoms with E-state index in [-0.39, 0.29) is 18.4 Å². The molecule has 0 unspecified atom stereocenters. The Morgan fingerprint density at radius 3 is 2.94 bits per heavy atom. The predicted octanol–water partition coefficient (Wildman–Crippen LogP) is 1.17. The van der Waals surface area contributed by atoms with Crippen molar-refractivity contribution in [3.05, 3.63) is 12.3 Å². The Bertz CT molecular complexity index is 430. The van der Waals surface area contributed by atoms with Crippen molar-refractivity contribution in [1.29, 1.82) is 0 Å². The van der Waals surface area contributed by atoms with Crippen LogP contribution in [0.2, 0.25) is 0 Å². The Hall–Kier alpha value is -1.85. The second kappa shape index (κ2) is 5.20. The highest BCUT2D eigenvalue weighted by Gasteiger charge is 2.30. The van der Waals surface area contributed by atoms with Gasteiger partial charge in [0.1, 0.15) is 0 Å².